The fraction of sp³-hybridized carbons (Fsp3) is 0.818. The summed E-state index contributed by atoms with van der Waals surface area (Å²) >= 11 is 0. The minimum Gasteiger partial charge on any atom is -0.316 e. The highest BCUT2D eigenvalue weighted by Gasteiger charge is 2.41. The normalized spacial score (nSPS) is 46.9. The smallest absolute Gasteiger partial charge is 0.0186 e. The maximum absolute atomic E-state index is 3.70. The molecule has 3 aliphatic rings. The second-order valence-electron chi connectivity index (χ2n) is 4.77. The van der Waals surface area contributed by atoms with Gasteiger partial charge in [-0.25, -0.2) is 0 Å². The summed E-state index contributed by atoms with van der Waals surface area (Å²) in [5.74, 6) is 2.46. The second-order valence-corrected chi connectivity index (χ2v) is 4.77. The van der Waals surface area contributed by atoms with Crippen molar-refractivity contribution in [2.75, 3.05) is 32.7 Å². The first-order valence-corrected chi connectivity index (χ1v) is 5.76. The van der Waals surface area contributed by atoms with Gasteiger partial charge < -0.3 is 16.0 Å². The summed E-state index contributed by atoms with van der Waals surface area (Å²) in [6.45, 7) is 5.85. The van der Waals surface area contributed by atoms with E-state index in [2.05, 4.69) is 28.1 Å². The summed E-state index contributed by atoms with van der Waals surface area (Å²) in [5.41, 5.74) is 0. The Morgan fingerprint density at radius 3 is 2.86 bits per heavy atom. The molecular formula is C11H19N3. The number of hydrogen-bond donors (Lipinski definition) is 3. The van der Waals surface area contributed by atoms with Gasteiger partial charge in [-0.05, 0) is 31.5 Å². The number of nitrogens with one attached hydrogen (secondary N) is 3. The standard InChI is InChI=1S/C11H19N3/c1-2-8(4-12-3-1)11-10-7-13-5-9(10)6-14-11/h1-2,8-14H,3-7H2. The molecule has 0 aromatic carbocycles. The highest BCUT2D eigenvalue weighted by atomic mass is 15.1. The summed E-state index contributed by atoms with van der Waals surface area (Å²) < 4.78 is 0. The SMILES string of the molecule is C1=CC(C2NCC3CNCC32)CNC1. The van der Waals surface area contributed by atoms with Crippen molar-refractivity contribution < 1.29 is 0 Å². The fourth-order valence-electron chi connectivity index (χ4n) is 3.20. The minimum atomic E-state index is 0.707. The molecule has 4 atom stereocenters. The van der Waals surface area contributed by atoms with E-state index in [4.69, 9.17) is 0 Å². The highest BCUT2D eigenvalue weighted by molar-refractivity contribution is 5.07. The molecule has 78 valence electrons. The Balaban J connectivity index is 1.72. The molecule has 0 amide bonds. The lowest BCUT2D eigenvalue weighted by atomic mass is 9.85. The average Bonchev–Trinajstić information content (AvgIpc) is 2.79. The Morgan fingerprint density at radius 2 is 2.00 bits per heavy atom. The Labute approximate surface area is 85.3 Å². The van der Waals surface area contributed by atoms with E-state index in [-0.39, 0.29) is 0 Å². The summed E-state index contributed by atoms with van der Waals surface area (Å²) in [4.78, 5) is 0. The predicted molar refractivity (Wildman–Crippen MR) is 57.1 cm³/mol. The van der Waals surface area contributed by atoms with E-state index in [1.54, 1.807) is 0 Å². The summed E-state index contributed by atoms with van der Waals surface area (Å²) in [6, 6.07) is 0.707. The van der Waals surface area contributed by atoms with Crippen LogP contribution in [0.2, 0.25) is 0 Å². The first-order valence-electron chi connectivity index (χ1n) is 5.76. The molecule has 3 rings (SSSR count). The van der Waals surface area contributed by atoms with Crippen LogP contribution in [0.1, 0.15) is 0 Å². The van der Waals surface area contributed by atoms with Gasteiger partial charge in [-0.3, -0.25) is 0 Å². The molecule has 14 heavy (non-hydrogen) atoms. The van der Waals surface area contributed by atoms with Gasteiger partial charge in [-0.15, -0.1) is 0 Å². The third kappa shape index (κ3) is 1.40. The van der Waals surface area contributed by atoms with E-state index in [1.807, 2.05) is 0 Å². The Kier molecular flexibility index (Phi) is 2.32. The molecule has 0 aromatic heterocycles. The number of fused-ring (bicyclic) bond motifs is 1. The topological polar surface area (TPSA) is 36.1 Å². The van der Waals surface area contributed by atoms with E-state index < -0.39 is 0 Å². The first kappa shape index (κ1) is 8.89. The quantitative estimate of drug-likeness (QED) is 0.495. The largest absolute Gasteiger partial charge is 0.316 e. The van der Waals surface area contributed by atoms with Crippen molar-refractivity contribution in [3.05, 3.63) is 12.2 Å². The Bertz CT molecular complexity index is 239. The van der Waals surface area contributed by atoms with Gasteiger partial charge in [0, 0.05) is 25.0 Å². The van der Waals surface area contributed by atoms with Gasteiger partial charge in [-0.1, -0.05) is 12.2 Å². The van der Waals surface area contributed by atoms with Crippen LogP contribution in [-0.2, 0) is 0 Å². The minimum absolute atomic E-state index is 0.707. The molecule has 0 radical (unpaired) electrons. The fourth-order valence-corrected chi connectivity index (χ4v) is 3.20. The number of hydrogen-bond acceptors (Lipinski definition) is 3. The van der Waals surface area contributed by atoms with E-state index in [0.717, 1.165) is 24.9 Å². The Morgan fingerprint density at radius 1 is 1.00 bits per heavy atom. The first-order chi connectivity index (χ1) is 6.95. The van der Waals surface area contributed by atoms with Crippen molar-refractivity contribution >= 4 is 0 Å². The zero-order chi connectivity index (χ0) is 9.38. The van der Waals surface area contributed by atoms with Crippen LogP contribution in [0.25, 0.3) is 0 Å². The molecule has 0 saturated carbocycles. The zero-order valence-corrected chi connectivity index (χ0v) is 8.50. The van der Waals surface area contributed by atoms with Crippen molar-refractivity contribution in [2.45, 2.75) is 6.04 Å². The van der Waals surface area contributed by atoms with Crippen molar-refractivity contribution in [2.24, 2.45) is 17.8 Å². The third-order valence-corrected chi connectivity index (χ3v) is 3.96. The highest BCUT2D eigenvalue weighted by Crippen LogP contribution is 2.30. The van der Waals surface area contributed by atoms with Gasteiger partial charge in [0.25, 0.3) is 0 Å². The van der Waals surface area contributed by atoms with Crippen molar-refractivity contribution in [1.82, 2.24) is 16.0 Å². The van der Waals surface area contributed by atoms with Gasteiger partial charge in [0.05, 0.1) is 0 Å². The summed E-state index contributed by atoms with van der Waals surface area (Å²) in [7, 11) is 0. The summed E-state index contributed by atoms with van der Waals surface area (Å²) in [6.07, 6.45) is 4.67. The number of rotatable bonds is 1. The van der Waals surface area contributed by atoms with Crippen LogP contribution in [0, 0.1) is 17.8 Å². The molecule has 3 N–H and O–H groups in total. The molecule has 3 heterocycles. The van der Waals surface area contributed by atoms with Gasteiger partial charge in [0.15, 0.2) is 0 Å². The molecule has 0 spiro atoms. The van der Waals surface area contributed by atoms with Crippen LogP contribution >= 0.6 is 0 Å². The van der Waals surface area contributed by atoms with Crippen molar-refractivity contribution in [3.8, 4) is 0 Å². The van der Waals surface area contributed by atoms with Crippen molar-refractivity contribution in [3.63, 3.8) is 0 Å². The molecule has 0 aromatic rings. The molecule has 2 saturated heterocycles. The van der Waals surface area contributed by atoms with Crippen LogP contribution in [0.3, 0.4) is 0 Å². The molecule has 0 aliphatic carbocycles. The third-order valence-electron chi connectivity index (χ3n) is 3.96. The molecule has 0 bridgehead atoms. The monoisotopic (exact) mass is 193 g/mol. The van der Waals surface area contributed by atoms with E-state index >= 15 is 0 Å². The molecule has 3 heteroatoms. The van der Waals surface area contributed by atoms with E-state index in [0.29, 0.717) is 12.0 Å². The molecule has 2 fully saturated rings. The average molecular weight is 193 g/mol. The van der Waals surface area contributed by atoms with Gasteiger partial charge in [-0.2, -0.15) is 0 Å². The van der Waals surface area contributed by atoms with Crippen LogP contribution in [-0.4, -0.2) is 38.8 Å². The van der Waals surface area contributed by atoms with Gasteiger partial charge in [0.1, 0.15) is 0 Å². The van der Waals surface area contributed by atoms with Crippen LogP contribution < -0.4 is 16.0 Å². The van der Waals surface area contributed by atoms with Crippen molar-refractivity contribution in [1.29, 1.82) is 0 Å². The van der Waals surface area contributed by atoms with Crippen LogP contribution in [0.15, 0.2) is 12.2 Å². The molecule has 4 unspecified atom stereocenters. The lowest BCUT2D eigenvalue weighted by Crippen LogP contribution is -2.43. The maximum Gasteiger partial charge on any atom is 0.0186 e. The van der Waals surface area contributed by atoms with E-state index in [9.17, 15) is 0 Å². The van der Waals surface area contributed by atoms with Gasteiger partial charge >= 0.3 is 0 Å². The predicted octanol–water partition coefficient (Wildman–Crippen LogP) is -0.431. The Hall–Kier alpha value is -0.380. The lowest BCUT2D eigenvalue weighted by molar-refractivity contribution is 0.343. The molecule has 3 nitrogen and oxygen atoms in total. The molecule has 3 aliphatic heterocycles. The van der Waals surface area contributed by atoms with Crippen LogP contribution in [0.4, 0.5) is 0 Å². The van der Waals surface area contributed by atoms with Crippen LogP contribution in [0.5, 0.6) is 0 Å². The van der Waals surface area contributed by atoms with E-state index in [1.165, 1.54) is 19.6 Å². The molecular weight excluding hydrogens is 174 g/mol. The second kappa shape index (κ2) is 3.65. The lowest BCUT2D eigenvalue weighted by Gasteiger charge is -2.28. The maximum atomic E-state index is 3.70. The zero-order valence-electron chi connectivity index (χ0n) is 8.50. The van der Waals surface area contributed by atoms with Gasteiger partial charge in [0.2, 0.25) is 0 Å². The summed E-state index contributed by atoms with van der Waals surface area (Å²) in [5, 5.41) is 10.7.